The fourth-order valence-corrected chi connectivity index (χ4v) is 2.30. The minimum absolute atomic E-state index is 0.0390. The molecule has 1 saturated heterocycles. The van der Waals surface area contributed by atoms with Gasteiger partial charge in [0.25, 0.3) is 5.91 Å². The summed E-state index contributed by atoms with van der Waals surface area (Å²) in [6, 6.07) is 4.69. The molecule has 1 heterocycles. The first-order chi connectivity index (χ1) is 9.99. The maximum Gasteiger partial charge on any atom is 0.254 e. The summed E-state index contributed by atoms with van der Waals surface area (Å²) in [6.45, 7) is 4.75. The van der Waals surface area contributed by atoms with Gasteiger partial charge >= 0.3 is 0 Å². The topological polar surface area (TPSA) is 72.9 Å². The molecule has 0 saturated carbocycles. The second kappa shape index (κ2) is 6.58. The average molecular weight is 291 g/mol. The highest BCUT2D eigenvalue weighted by molar-refractivity contribution is 5.96. The summed E-state index contributed by atoms with van der Waals surface area (Å²) in [7, 11) is 1.62. The fraction of sp³-hybridized carbons (Fsp3) is 0.467. The van der Waals surface area contributed by atoms with Crippen LogP contribution in [0.5, 0.6) is 5.75 Å². The van der Waals surface area contributed by atoms with Crippen LogP contribution in [0.3, 0.4) is 0 Å². The van der Waals surface area contributed by atoms with Gasteiger partial charge in [-0.1, -0.05) is 0 Å². The Morgan fingerprint density at radius 1 is 1.33 bits per heavy atom. The number of amides is 2. The molecule has 2 rings (SSSR count). The number of hydrogen-bond donors (Lipinski definition) is 2. The molecule has 1 aromatic carbocycles. The molecule has 2 N–H and O–H groups in total. The molecule has 0 radical (unpaired) electrons. The van der Waals surface area contributed by atoms with Crippen LogP contribution in [0.2, 0.25) is 0 Å². The Balaban J connectivity index is 1.98. The van der Waals surface area contributed by atoms with Crippen LogP contribution in [0.15, 0.2) is 18.2 Å². The van der Waals surface area contributed by atoms with Gasteiger partial charge in [0.2, 0.25) is 5.91 Å². The number of benzene rings is 1. The normalized spacial score (nSPS) is 14.9. The predicted octanol–water partition coefficient (Wildman–Crippen LogP) is 0.204. The molecule has 0 aliphatic carbocycles. The van der Waals surface area contributed by atoms with E-state index < -0.39 is 0 Å². The van der Waals surface area contributed by atoms with Crippen LogP contribution < -0.4 is 5.32 Å². The molecule has 114 valence electrons. The van der Waals surface area contributed by atoms with Crippen molar-refractivity contribution in [1.29, 1.82) is 0 Å². The van der Waals surface area contributed by atoms with Gasteiger partial charge in [-0.2, -0.15) is 0 Å². The van der Waals surface area contributed by atoms with Crippen molar-refractivity contribution in [2.75, 3.05) is 39.8 Å². The minimum atomic E-state index is -0.221. The third-order valence-electron chi connectivity index (χ3n) is 3.63. The second-order valence-electron chi connectivity index (χ2n) is 5.29. The van der Waals surface area contributed by atoms with Gasteiger partial charge in [0.05, 0.1) is 6.54 Å². The third-order valence-corrected chi connectivity index (χ3v) is 3.63. The molecule has 1 aliphatic heterocycles. The lowest BCUT2D eigenvalue weighted by Gasteiger charge is -2.29. The number of carbonyl (C=O) groups excluding carboxylic acids is 2. The first kappa shape index (κ1) is 15.3. The first-order valence-corrected chi connectivity index (χ1v) is 7.02. The van der Waals surface area contributed by atoms with Gasteiger partial charge in [-0.3, -0.25) is 9.59 Å². The average Bonchev–Trinajstić information content (AvgIpc) is 2.50. The van der Waals surface area contributed by atoms with Gasteiger partial charge in [-0.05, 0) is 30.7 Å². The first-order valence-electron chi connectivity index (χ1n) is 7.02. The van der Waals surface area contributed by atoms with Crippen LogP contribution in [0, 0.1) is 6.92 Å². The maximum absolute atomic E-state index is 12.3. The van der Waals surface area contributed by atoms with E-state index in [-0.39, 0.29) is 24.1 Å². The zero-order valence-electron chi connectivity index (χ0n) is 12.4. The Morgan fingerprint density at radius 2 is 2.00 bits per heavy atom. The Kier molecular flexibility index (Phi) is 4.80. The van der Waals surface area contributed by atoms with E-state index in [9.17, 15) is 14.7 Å². The van der Waals surface area contributed by atoms with Crippen molar-refractivity contribution in [3.63, 3.8) is 0 Å². The van der Waals surface area contributed by atoms with Gasteiger partial charge < -0.3 is 20.2 Å². The van der Waals surface area contributed by atoms with E-state index in [1.165, 1.54) is 11.0 Å². The van der Waals surface area contributed by atoms with Gasteiger partial charge in [-0.15, -0.1) is 0 Å². The van der Waals surface area contributed by atoms with Gasteiger partial charge in [0, 0.05) is 38.8 Å². The number of carbonyl (C=O) groups is 2. The maximum atomic E-state index is 12.3. The number of piperazine rings is 1. The van der Waals surface area contributed by atoms with Crippen molar-refractivity contribution in [3.05, 3.63) is 29.3 Å². The SMILES string of the molecule is Cc1cc(C(=O)N(C)CC(=O)N2CCNCC2)ccc1O. The zero-order valence-corrected chi connectivity index (χ0v) is 12.4. The number of likely N-dealkylation sites (N-methyl/N-ethyl adjacent to an activating group) is 1. The van der Waals surface area contributed by atoms with Crippen LogP contribution >= 0.6 is 0 Å². The van der Waals surface area contributed by atoms with Crippen molar-refractivity contribution < 1.29 is 14.7 Å². The summed E-state index contributed by atoms with van der Waals surface area (Å²) < 4.78 is 0. The molecule has 1 fully saturated rings. The second-order valence-corrected chi connectivity index (χ2v) is 5.29. The summed E-state index contributed by atoms with van der Waals surface area (Å²) >= 11 is 0. The molecule has 6 heteroatoms. The number of aryl methyl sites for hydroxylation is 1. The van der Waals surface area contributed by atoms with Crippen LogP contribution in [-0.2, 0) is 4.79 Å². The van der Waals surface area contributed by atoms with Crippen molar-refractivity contribution in [1.82, 2.24) is 15.1 Å². The van der Waals surface area contributed by atoms with Crippen LogP contribution in [0.25, 0.3) is 0 Å². The number of nitrogens with one attached hydrogen (secondary N) is 1. The number of nitrogens with zero attached hydrogens (tertiary/aromatic N) is 2. The molecule has 0 unspecified atom stereocenters. The molecule has 0 spiro atoms. The summed E-state index contributed by atoms with van der Waals surface area (Å²) in [5.41, 5.74) is 1.11. The molecule has 0 bridgehead atoms. The highest BCUT2D eigenvalue weighted by Gasteiger charge is 2.20. The van der Waals surface area contributed by atoms with Crippen molar-refractivity contribution in [2.24, 2.45) is 0 Å². The molecule has 6 nitrogen and oxygen atoms in total. The van der Waals surface area contributed by atoms with Crippen molar-refractivity contribution in [2.45, 2.75) is 6.92 Å². The molecule has 0 aromatic heterocycles. The summed E-state index contributed by atoms with van der Waals surface area (Å²) in [5.74, 6) is -0.101. The Bertz CT molecular complexity index is 539. The van der Waals surface area contributed by atoms with E-state index in [0.29, 0.717) is 24.2 Å². The minimum Gasteiger partial charge on any atom is -0.508 e. The fourth-order valence-electron chi connectivity index (χ4n) is 2.30. The summed E-state index contributed by atoms with van der Waals surface area (Å²) in [4.78, 5) is 27.6. The highest BCUT2D eigenvalue weighted by atomic mass is 16.3. The van der Waals surface area contributed by atoms with Crippen LogP contribution in [0.1, 0.15) is 15.9 Å². The highest BCUT2D eigenvalue weighted by Crippen LogP contribution is 2.17. The Labute approximate surface area is 124 Å². The van der Waals surface area contributed by atoms with E-state index >= 15 is 0 Å². The molecule has 21 heavy (non-hydrogen) atoms. The van der Waals surface area contributed by atoms with E-state index in [1.807, 2.05) is 0 Å². The number of hydrogen-bond acceptors (Lipinski definition) is 4. The Hall–Kier alpha value is -2.08. The molecule has 1 aromatic rings. The monoisotopic (exact) mass is 291 g/mol. The van der Waals surface area contributed by atoms with Crippen molar-refractivity contribution in [3.8, 4) is 5.75 Å². The summed E-state index contributed by atoms with van der Waals surface area (Å²) in [5, 5.41) is 12.7. The molecule has 1 aliphatic rings. The van der Waals surface area contributed by atoms with E-state index in [2.05, 4.69) is 5.32 Å². The molecular formula is C15H21N3O3. The van der Waals surface area contributed by atoms with E-state index in [4.69, 9.17) is 0 Å². The van der Waals surface area contributed by atoms with Gasteiger partial charge in [0.1, 0.15) is 5.75 Å². The predicted molar refractivity (Wildman–Crippen MR) is 79.3 cm³/mol. The third kappa shape index (κ3) is 3.72. The number of rotatable bonds is 3. The van der Waals surface area contributed by atoms with Crippen LogP contribution in [-0.4, -0.2) is 66.5 Å². The van der Waals surface area contributed by atoms with E-state index in [0.717, 1.165) is 13.1 Å². The number of phenolic OH excluding ortho intramolecular Hbond substituents is 1. The van der Waals surface area contributed by atoms with Gasteiger partial charge in [0.15, 0.2) is 0 Å². The largest absolute Gasteiger partial charge is 0.508 e. The number of phenols is 1. The lowest BCUT2D eigenvalue weighted by Crippen LogP contribution is -2.49. The van der Waals surface area contributed by atoms with Gasteiger partial charge in [-0.25, -0.2) is 0 Å². The quantitative estimate of drug-likeness (QED) is 0.835. The van der Waals surface area contributed by atoms with Crippen molar-refractivity contribution >= 4 is 11.8 Å². The van der Waals surface area contributed by atoms with E-state index in [1.54, 1.807) is 31.0 Å². The molecule has 0 atom stereocenters. The number of aromatic hydroxyl groups is 1. The molecule has 2 amide bonds. The lowest BCUT2D eigenvalue weighted by molar-refractivity contribution is -0.132. The summed E-state index contributed by atoms with van der Waals surface area (Å²) in [6.07, 6.45) is 0. The van der Waals surface area contributed by atoms with Crippen LogP contribution in [0.4, 0.5) is 0 Å². The molecular weight excluding hydrogens is 270 g/mol. The Morgan fingerprint density at radius 3 is 2.62 bits per heavy atom. The standard InChI is InChI=1S/C15H21N3O3/c1-11-9-12(3-4-13(11)19)15(21)17(2)10-14(20)18-7-5-16-6-8-18/h3-4,9,16,19H,5-8,10H2,1-2H3. The zero-order chi connectivity index (χ0) is 15.4. The lowest BCUT2D eigenvalue weighted by atomic mass is 10.1. The smallest absolute Gasteiger partial charge is 0.254 e.